The highest BCUT2D eigenvalue weighted by molar-refractivity contribution is 5.89. The van der Waals surface area contributed by atoms with Crippen LogP contribution in [0.3, 0.4) is 0 Å². The fourth-order valence-corrected chi connectivity index (χ4v) is 2.58. The molecule has 3 aromatic rings. The Morgan fingerprint density at radius 1 is 1.13 bits per heavy atom. The van der Waals surface area contributed by atoms with Crippen molar-refractivity contribution in [3.8, 4) is 0 Å². The van der Waals surface area contributed by atoms with Crippen molar-refractivity contribution in [2.24, 2.45) is 19.1 Å². The second kappa shape index (κ2) is 5.39. The molecule has 0 fully saturated rings. The smallest absolute Gasteiger partial charge is 0.216 e. The SMILES string of the molecule is Cc1cc(=Nc2ccc3c(N)cc(C)[n+](C)c3c2)nc(N)n1C. The first kappa shape index (κ1) is 15.0. The van der Waals surface area contributed by atoms with Gasteiger partial charge in [0, 0.05) is 37.9 Å². The first-order chi connectivity index (χ1) is 10.9. The van der Waals surface area contributed by atoms with Gasteiger partial charge in [0.1, 0.15) is 7.05 Å². The van der Waals surface area contributed by atoms with E-state index in [9.17, 15) is 0 Å². The maximum atomic E-state index is 6.11. The molecule has 0 amide bonds. The van der Waals surface area contributed by atoms with Gasteiger partial charge in [0.05, 0.1) is 16.8 Å². The summed E-state index contributed by atoms with van der Waals surface area (Å²) in [5, 5.41) is 1.01. The molecule has 0 radical (unpaired) electrons. The van der Waals surface area contributed by atoms with Gasteiger partial charge in [-0.05, 0) is 19.1 Å². The molecule has 0 saturated heterocycles. The van der Waals surface area contributed by atoms with Gasteiger partial charge < -0.3 is 16.0 Å². The number of aromatic nitrogens is 3. The summed E-state index contributed by atoms with van der Waals surface area (Å²) in [6.07, 6.45) is 0. The van der Waals surface area contributed by atoms with Crippen LogP contribution in [-0.4, -0.2) is 9.55 Å². The van der Waals surface area contributed by atoms with E-state index in [4.69, 9.17) is 11.5 Å². The normalized spacial score (nSPS) is 12.1. The number of hydrogen-bond acceptors (Lipinski definition) is 4. The summed E-state index contributed by atoms with van der Waals surface area (Å²) >= 11 is 0. The van der Waals surface area contributed by atoms with E-state index in [1.165, 1.54) is 0 Å². The molecule has 23 heavy (non-hydrogen) atoms. The quantitative estimate of drug-likeness (QED) is 0.666. The molecule has 2 heterocycles. The van der Waals surface area contributed by atoms with Crippen LogP contribution >= 0.6 is 0 Å². The predicted octanol–water partition coefficient (Wildman–Crippen LogP) is 1.41. The van der Waals surface area contributed by atoms with Gasteiger partial charge in [0.25, 0.3) is 0 Å². The van der Waals surface area contributed by atoms with Crippen molar-refractivity contribution in [3.05, 3.63) is 47.2 Å². The van der Waals surface area contributed by atoms with Crippen molar-refractivity contribution in [2.45, 2.75) is 13.8 Å². The van der Waals surface area contributed by atoms with E-state index in [2.05, 4.69) is 14.5 Å². The van der Waals surface area contributed by atoms with Crippen molar-refractivity contribution >= 4 is 28.2 Å². The van der Waals surface area contributed by atoms with E-state index < -0.39 is 0 Å². The maximum absolute atomic E-state index is 6.11. The highest BCUT2D eigenvalue weighted by Gasteiger charge is 2.12. The summed E-state index contributed by atoms with van der Waals surface area (Å²) in [5.74, 6) is 0.440. The Morgan fingerprint density at radius 2 is 1.87 bits per heavy atom. The highest BCUT2D eigenvalue weighted by atomic mass is 15.1. The molecule has 0 aliphatic carbocycles. The molecule has 1 aromatic carbocycles. The van der Waals surface area contributed by atoms with Crippen LogP contribution in [0.25, 0.3) is 10.9 Å². The second-order valence-electron chi connectivity index (χ2n) is 5.79. The topological polar surface area (TPSA) is 86.1 Å². The van der Waals surface area contributed by atoms with Gasteiger partial charge in [-0.15, -0.1) is 0 Å². The van der Waals surface area contributed by atoms with E-state index in [0.717, 1.165) is 33.7 Å². The third-order valence-electron chi connectivity index (χ3n) is 4.23. The molecule has 6 nitrogen and oxygen atoms in total. The van der Waals surface area contributed by atoms with Crippen LogP contribution in [0.5, 0.6) is 0 Å². The van der Waals surface area contributed by atoms with E-state index in [0.29, 0.717) is 11.4 Å². The minimum atomic E-state index is 0.440. The zero-order chi connectivity index (χ0) is 16.7. The minimum Gasteiger partial charge on any atom is -0.398 e. The molecule has 2 aromatic heterocycles. The van der Waals surface area contributed by atoms with Gasteiger partial charge in [0.15, 0.2) is 11.2 Å². The molecular formula is C17H21N6+. The second-order valence-corrected chi connectivity index (χ2v) is 5.79. The monoisotopic (exact) mass is 309 g/mol. The highest BCUT2D eigenvalue weighted by Crippen LogP contribution is 2.23. The summed E-state index contributed by atoms with van der Waals surface area (Å²) in [6.45, 7) is 4.00. The zero-order valence-corrected chi connectivity index (χ0v) is 13.8. The first-order valence-corrected chi connectivity index (χ1v) is 7.40. The van der Waals surface area contributed by atoms with E-state index in [1.807, 2.05) is 62.8 Å². The molecule has 4 N–H and O–H groups in total. The Morgan fingerprint density at radius 3 is 2.57 bits per heavy atom. The number of benzene rings is 1. The Labute approximate surface area is 134 Å². The van der Waals surface area contributed by atoms with Crippen molar-refractivity contribution < 1.29 is 4.57 Å². The number of rotatable bonds is 1. The van der Waals surface area contributed by atoms with Gasteiger partial charge in [0.2, 0.25) is 11.5 Å². The minimum absolute atomic E-state index is 0.440. The maximum Gasteiger partial charge on any atom is 0.216 e. The lowest BCUT2D eigenvalue weighted by Gasteiger charge is -2.06. The summed E-state index contributed by atoms with van der Waals surface area (Å²) in [6, 6.07) is 9.82. The van der Waals surface area contributed by atoms with Crippen LogP contribution in [0.2, 0.25) is 0 Å². The third kappa shape index (κ3) is 2.63. The fourth-order valence-electron chi connectivity index (χ4n) is 2.58. The van der Waals surface area contributed by atoms with Crippen LogP contribution in [-0.2, 0) is 14.1 Å². The molecule has 0 atom stereocenters. The Kier molecular flexibility index (Phi) is 3.52. The average Bonchev–Trinajstić information content (AvgIpc) is 2.50. The first-order valence-electron chi connectivity index (χ1n) is 7.40. The van der Waals surface area contributed by atoms with Crippen LogP contribution < -0.4 is 21.5 Å². The molecule has 0 bridgehead atoms. The Hall–Kier alpha value is -2.89. The van der Waals surface area contributed by atoms with Crippen molar-refractivity contribution in [1.29, 1.82) is 0 Å². The lowest BCUT2D eigenvalue weighted by Crippen LogP contribution is -2.33. The van der Waals surface area contributed by atoms with E-state index in [1.54, 1.807) is 0 Å². The molecule has 0 aliphatic heterocycles. The molecular weight excluding hydrogens is 288 g/mol. The molecule has 118 valence electrons. The molecule has 0 saturated carbocycles. The standard InChI is InChI=1S/C17H20N6/c1-10-7-14(18)13-6-5-12(9-15(13)22(10)3)20-16-8-11(2)23(4)17(19)21-16/h5-9H,1-4H3,(H3,18,19,20,21)/p+1. The van der Waals surface area contributed by atoms with Gasteiger partial charge in [-0.2, -0.15) is 9.55 Å². The summed E-state index contributed by atoms with van der Waals surface area (Å²) in [7, 11) is 3.90. The van der Waals surface area contributed by atoms with E-state index in [-0.39, 0.29) is 0 Å². The van der Waals surface area contributed by atoms with Gasteiger partial charge in [-0.3, -0.25) is 0 Å². The third-order valence-corrected chi connectivity index (χ3v) is 4.23. The fraction of sp³-hybridized carbons (Fsp3) is 0.235. The summed E-state index contributed by atoms with van der Waals surface area (Å²) in [5.41, 5.74) is 17.3. The lowest BCUT2D eigenvalue weighted by atomic mass is 10.1. The van der Waals surface area contributed by atoms with Crippen LogP contribution in [0.4, 0.5) is 17.3 Å². The molecule has 0 spiro atoms. The molecule has 3 rings (SSSR count). The van der Waals surface area contributed by atoms with Gasteiger partial charge >= 0.3 is 0 Å². The Balaban J connectivity index is 2.22. The number of fused-ring (bicyclic) bond motifs is 1. The number of nitrogen functional groups attached to an aromatic ring is 2. The van der Waals surface area contributed by atoms with Crippen molar-refractivity contribution in [2.75, 3.05) is 11.5 Å². The van der Waals surface area contributed by atoms with E-state index >= 15 is 0 Å². The largest absolute Gasteiger partial charge is 0.398 e. The number of hydrogen-bond donors (Lipinski definition) is 2. The Bertz CT molecular complexity index is 958. The summed E-state index contributed by atoms with van der Waals surface area (Å²) < 4.78 is 3.92. The molecule has 6 heteroatoms. The lowest BCUT2D eigenvalue weighted by molar-refractivity contribution is -0.651. The molecule has 0 aliphatic rings. The zero-order valence-electron chi connectivity index (χ0n) is 13.8. The van der Waals surface area contributed by atoms with Gasteiger partial charge in [-0.25, -0.2) is 4.99 Å². The van der Waals surface area contributed by atoms with Crippen LogP contribution in [0, 0.1) is 13.8 Å². The van der Waals surface area contributed by atoms with Crippen LogP contribution in [0.15, 0.2) is 35.3 Å². The van der Waals surface area contributed by atoms with Gasteiger partial charge in [-0.1, -0.05) is 0 Å². The number of nitrogens with zero attached hydrogens (tertiary/aromatic N) is 4. The number of aryl methyl sites for hydroxylation is 3. The average molecular weight is 309 g/mol. The number of nitrogens with two attached hydrogens (primary N) is 2. The number of anilines is 2. The summed E-state index contributed by atoms with van der Waals surface area (Å²) in [4.78, 5) is 8.90. The van der Waals surface area contributed by atoms with Crippen LogP contribution in [0.1, 0.15) is 11.4 Å². The number of pyridine rings is 1. The predicted molar refractivity (Wildman–Crippen MR) is 91.9 cm³/mol. The molecule has 0 unspecified atom stereocenters. The van der Waals surface area contributed by atoms with Crippen molar-refractivity contribution in [3.63, 3.8) is 0 Å². The van der Waals surface area contributed by atoms with Crippen molar-refractivity contribution in [1.82, 2.24) is 9.55 Å².